The molecule has 0 aliphatic rings. The first-order chi connectivity index (χ1) is 13.9. The number of anilines is 1. The van der Waals surface area contributed by atoms with Gasteiger partial charge in [0.15, 0.2) is 24.3 Å². The zero-order valence-corrected chi connectivity index (χ0v) is 15.2. The van der Waals surface area contributed by atoms with Gasteiger partial charge < -0.3 is 10.4 Å². The second-order valence-electron chi connectivity index (χ2n) is 6.63. The van der Waals surface area contributed by atoms with Crippen molar-refractivity contribution in [3.63, 3.8) is 0 Å². The summed E-state index contributed by atoms with van der Waals surface area (Å²) < 4.78 is 39.3. The lowest BCUT2D eigenvalue weighted by Crippen LogP contribution is -2.16. The molecule has 0 saturated heterocycles. The minimum atomic E-state index is -4.44. The van der Waals surface area contributed by atoms with Crippen LogP contribution in [0.5, 0.6) is 5.75 Å². The van der Waals surface area contributed by atoms with Crippen LogP contribution in [-0.2, 0) is 6.18 Å². The lowest BCUT2D eigenvalue weighted by Gasteiger charge is -2.21. The number of aromatic amines is 2. The van der Waals surface area contributed by atoms with Gasteiger partial charge >= 0.3 is 6.18 Å². The molecule has 0 radical (unpaired) electrons. The van der Waals surface area contributed by atoms with Gasteiger partial charge in [-0.2, -0.15) is 13.2 Å². The van der Waals surface area contributed by atoms with Crippen LogP contribution in [0.25, 0.3) is 10.9 Å². The van der Waals surface area contributed by atoms with Gasteiger partial charge in [-0.3, -0.25) is 0 Å². The Balaban J connectivity index is 1.81. The van der Waals surface area contributed by atoms with E-state index >= 15 is 0 Å². The summed E-state index contributed by atoms with van der Waals surface area (Å²) in [5.74, 6) is 0.0384. The number of phenolic OH excluding ortho intramolecular Hbond substituents is 1. The largest absolute Gasteiger partial charge is 0.502 e. The molecule has 0 aliphatic carbocycles. The third kappa shape index (κ3) is 3.85. The van der Waals surface area contributed by atoms with E-state index in [1.54, 1.807) is 36.8 Å². The molecule has 2 aromatic carbocycles. The number of alkyl halides is 3. The number of rotatable bonds is 4. The Morgan fingerprint density at radius 3 is 2.52 bits per heavy atom. The van der Waals surface area contributed by atoms with Gasteiger partial charge in [0.05, 0.1) is 17.0 Å². The number of phenols is 1. The first kappa shape index (κ1) is 18.7. The molecular formula is C22H18F3N3O+2. The predicted molar refractivity (Wildman–Crippen MR) is 102 cm³/mol. The molecule has 4 aromatic rings. The highest BCUT2D eigenvalue weighted by molar-refractivity contribution is 5.83. The van der Waals surface area contributed by atoms with Gasteiger partial charge in [-0.15, -0.1) is 0 Å². The maximum absolute atomic E-state index is 13.1. The van der Waals surface area contributed by atoms with Crippen LogP contribution in [-0.4, -0.2) is 5.11 Å². The molecule has 4 rings (SSSR count). The van der Waals surface area contributed by atoms with Crippen molar-refractivity contribution < 1.29 is 28.2 Å². The number of hydrogen-bond donors (Lipinski definition) is 2. The SMILES string of the molecule is Oc1c(C(Nc2cccc(C(F)(F)F)c2)c2ccc[nH+]c2)ccc2ccc[nH+]c12. The van der Waals surface area contributed by atoms with Crippen LogP contribution in [0.2, 0.25) is 0 Å². The van der Waals surface area contributed by atoms with Crippen LogP contribution in [0.3, 0.4) is 0 Å². The van der Waals surface area contributed by atoms with E-state index in [-0.39, 0.29) is 5.75 Å². The summed E-state index contributed by atoms with van der Waals surface area (Å²) in [7, 11) is 0. The van der Waals surface area contributed by atoms with Gasteiger partial charge in [-0.25, -0.2) is 9.97 Å². The van der Waals surface area contributed by atoms with Crippen molar-refractivity contribution in [2.24, 2.45) is 0 Å². The molecule has 146 valence electrons. The van der Waals surface area contributed by atoms with E-state index in [2.05, 4.69) is 15.3 Å². The highest BCUT2D eigenvalue weighted by Gasteiger charge is 2.31. The fourth-order valence-corrected chi connectivity index (χ4v) is 3.31. The normalized spacial score (nSPS) is 12.7. The highest BCUT2D eigenvalue weighted by atomic mass is 19.4. The monoisotopic (exact) mass is 397 g/mol. The zero-order valence-electron chi connectivity index (χ0n) is 15.2. The molecule has 4 nitrogen and oxygen atoms in total. The molecule has 1 unspecified atom stereocenters. The maximum Gasteiger partial charge on any atom is 0.416 e. The second kappa shape index (κ2) is 7.43. The Kier molecular flexibility index (Phi) is 4.80. The Morgan fingerprint density at radius 1 is 0.931 bits per heavy atom. The summed E-state index contributed by atoms with van der Waals surface area (Å²) in [4.78, 5) is 6.00. The lowest BCUT2D eigenvalue weighted by atomic mass is 9.97. The molecule has 7 heteroatoms. The Morgan fingerprint density at radius 2 is 1.76 bits per heavy atom. The number of H-pyrrole nitrogens is 2. The van der Waals surface area contributed by atoms with Crippen LogP contribution in [0.1, 0.15) is 22.7 Å². The topological polar surface area (TPSA) is 60.5 Å². The van der Waals surface area contributed by atoms with Crippen molar-refractivity contribution in [2.45, 2.75) is 12.2 Å². The van der Waals surface area contributed by atoms with Gasteiger partial charge in [-0.05, 0) is 36.4 Å². The van der Waals surface area contributed by atoms with Crippen LogP contribution in [0, 0.1) is 0 Å². The summed E-state index contributed by atoms with van der Waals surface area (Å²) in [6, 6.07) is 15.4. The summed E-state index contributed by atoms with van der Waals surface area (Å²) >= 11 is 0. The molecule has 0 aliphatic heterocycles. The van der Waals surface area contributed by atoms with Crippen molar-refractivity contribution >= 4 is 16.6 Å². The van der Waals surface area contributed by atoms with Crippen molar-refractivity contribution in [3.05, 3.63) is 95.9 Å². The van der Waals surface area contributed by atoms with E-state index in [1.165, 1.54) is 6.07 Å². The predicted octanol–water partition coefficient (Wildman–Crippen LogP) is 4.39. The van der Waals surface area contributed by atoms with Crippen molar-refractivity contribution in [3.8, 4) is 5.75 Å². The number of pyridine rings is 2. The number of aromatic nitrogens is 2. The Bertz CT molecular complexity index is 1150. The molecule has 0 amide bonds. The van der Waals surface area contributed by atoms with Crippen LogP contribution in [0.15, 0.2) is 79.3 Å². The number of fused-ring (bicyclic) bond motifs is 1. The summed E-state index contributed by atoms with van der Waals surface area (Å²) in [6.45, 7) is 0. The van der Waals surface area contributed by atoms with E-state index in [1.807, 2.05) is 24.3 Å². The Labute approximate surface area is 164 Å². The highest BCUT2D eigenvalue weighted by Crippen LogP contribution is 2.36. The molecule has 0 spiro atoms. The van der Waals surface area contributed by atoms with Crippen molar-refractivity contribution in [1.29, 1.82) is 0 Å². The molecule has 1 atom stereocenters. The standard InChI is InChI=1S/C22H16F3N3O/c23-22(24,25)16-6-1-7-17(12-16)28-19(15-5-2-10-26-13-15)18-9-8-14-4-3-11-27-20(14)21(18)29/h1-13,19,28-29H/p+2. The quantitative estimate of drug-likeness (QED) is 0.536. The van der Waals surface area contributed by atoms with Crippen LogP contribution in [0.4, 0.5) is 18.9 Å². The van der Waals surface area contributed by atoms with E-state index in [0.717, 1.165) is 23.1 Å². The van der Waals surface area contributed by atoms with E-state index in [9.17, 15) is 18.3 Å². The smallest absolute Gasteiger partial charge is 0.416 e. The zero-order chi connectivity index (χ0) is 20.4. The van der Waals surface area contributed by atoms with Gasteiger partial charge in [0.2, 0.25) is 0 Å². The molecule has 29 heavy (non-hydrogen) atoms. The van der Waals surface area contributed by atoms with Crippen LogP contribution >= 0.6 is 0 Å². The fourth-order valence-electron chi connectivity index (χ4n) is 3.31. The molecule has 0 bridgehead atoms. The summed E-state index contributed by atoms with van der Waals surface area (Å²) in [5, 5.41) is 14.8. The van der Waals surface area contributed by atoms with Gasteiger partial charge in [-0.1, -0.05) is 12.1 Å². The number of nitrogens with one attached hydrogen (secondary N) is 3. The molecule has 2 heterocycles. The van der Waals surface area contributed by atoms with E-state index < -0.39 is 17.8 Å². The van der Waals surface area contributed by atoms with Gasteiger partial charge in [0, 0.05) is 28.9 Å². The third-order valence-electron chi connectivity index (χ3n) is 4.72. The van der Waals surface area contributed by atoms with Crippen molar-refractivity contribution in [1.82, 2.24) is 0 Å². The Hall–Kier alpha value is -3.61. The lowest BCUT2D eigenvalue weighted by molar-refractivity contribution is -0.378. The number of benzene rings is 2. The second-order valence-corrected chi connectivity index (χ2v) is 6.63. The summed E-state index contributed by atoms with van der Waals surface area (Å²) in [5.41, 5.74) is 1.41. The minimum absolute atomic E-state index is 0.0384. The van der Waals surface area contributed by atoms with Crippen molar-refractivity contribution in [2.75, 3.05) is 5.32 Å². The van der Waals surface area contributed by atoms with Gasteiger partial charge in [0.1, 0.15) is 0 Å². The average molecular weight is 397 g/mol. The van der Waals surface area contributed by atoms with E-state index in [4.69, 9.17) is 0 Å². The summed E-state index contributed by atoms with van der Waals surface area (Å²) in [6.07, 6.45) is 0.744. The molecule has 0 fully saturated rings. The van der Waals surface area contributed by atoms with Gasteiger partial charge in [0.25, 0.3) is 5.52 Å². The first-order valence-corrected chi connectivity index (χ1v) is 8.95. The average Bonchev–Trinajstić information content (AvgIpc) is 2.73. The third-order valence-corrected chi connectivity index (χ3v) is 4.72. The van der Waals surface area contributed by atoms with Crippen LogP contribution < -0.4 is 15.3 Å². The number of halogens is 3. The molecule has 4 N–H and O–H groups in total. The van der Waals surface area contributed by atoms with E-state index in [0.29, 0.717) is 16.8 Å². The number of hydrogen-bond acceptors (Lipinski definition) is 2. The molecule has 2 aromatic heterocycles. The minimum Gasteiger partial charge on any atom is -0.502 e. The molecule has 0 saturated carbocycles. The first-order valence-electron chi connectivity index (χ1n) is 8.95. The molecular weight excluding hydrogens is 379 g/mol. The fraction of sp³-hybridized carbons (Fsp3) is 0.0909. The maximum atomic E-state index is 13.1. The number of aromatic hydroxyl groups is 1.